The van der Waals surface area contributed by atoms with Crippen molar-refractivity contribution in [2.75, 3.05) is 13.1 Å². The van der Waals surface area contributed by atoms with E-state index in [1.165, 1.54) is 11.9 Å². The van der Waals surface area contributed by atoms with Crippen molar-refractivity contribution in [3.8, 4) is 0 Å². The Morgan fingerprint density at radius 1 is 1.89 bits per heavy atom. The first-order valence-corrected chi connectivity index (χ1v) is 3.74. The minimum Gasteiger partial charge on any atom is -0.381 e. The second-order valence-electron chi connectivity index (χ2n) is 1.87. The number of nitrogens with zero attached hydrogens (tertiary/aromatic N) is 2. The largest absolute Gasteiger partial charge is 0.381 e. The normalized spacial score (nSPS) is 20.9. The summed E-state index contributed by atoms with van der Waals surface area (Å²) in [5.41, 5.74) is -0.324. The van der Waals surface area contributed by atoms with Gasteiger partial charge in [0.2, 0.25) is 0 Å². The molecule has 0 saturated carbocycles. The van der Waals surface area contributed by atoms with Crippen LogP contribution in [0.15, 0.2) is 4.99 Å². The first kappa shape index (κ1) is 6.89. The van der Waals surface area contributed by atoms with Crippen LogP contribution in [0.5, 0.6) is 0 Å². The Bertz CT molecular complexity index is 116. The van der Waals surface area contributed by atoms with Gasteiger partial charge in [0.05, 0.1) is 19.4 Å². The van der Waals surface area contributed by atoms with Crippen molar-refractivity contribution in [3.63, 3.8) is 0 Å². The zero-order valence-electron chi connectivity index (χ0n) is 5.32. The number of hydrogen-bond donors (Lipinski definition) is 1. The average molecular weight is 146 g/mol. The molecule has 1 unspecified atom stereocenters. The number of rotatable bonds is 2. The summed E-state index contributed by atoms with van der Waals surface area (Å²) in [4.78, 5) is 3.99. The molecule has 9 heavy (non-hydrogen) atoms. The van der Waals surface area contributed by atoms with E-state index in [0.29, 0.717) is 0 Å². The van der Waals surface area contributed by atoms with E-state index in [1.54, 1.807) is 13.3 Å². The van der Waals surface area contributed by atoms with E-state index in [-0.39, 0.29) is 5.44 Å². The van der Waals surface area contributed by atoms with Crippen molar-refractivity contribution in [2.24, 2.45) is 4.99 Å². The Morgan fingerprint density at radius 3 is 3.11 bits per heavy atom. The van der Waals surface area contributed by atoms with Gasteiger partial charge in [-0.25, -0.2) is 0 Å². The topological polar surface area (TPSA) is 35.8 Å². The summed E-state index contributed by atoms with van der Waals surface area (Å²) >= 11 is 1.40. The Hall–Kier alpha value is -0.220. The molecular weight excluding hydrogens is 136 g/mol. The van der Waals surface area contributed by atoms with E-state index in [9.17, 15) is 0 Å². The van der Waals surface area contributed by atoms with Crippen molar-refractivity contribution in [3.05, 3.63) is 0 Å². The zero-order chi connectivity index (χ0) is 6.69. The van der Waals surface area contributed by atoms with Crippen molar-refractivity contribution >= 4 is 18.3 Å². The minimum atomic E-state index is -0.324. The Labute approximate surface area is 58.9 Å². The summed E-state index contributed by atoms with van der Waals surface area (Å²) < 4.78 is 1.94. The highest BCUT2D eigenvalue weighted by Crippen LogP contribution is 2.13. The summed E-state index contributed by atoms with van der Waals surface area (Å²) in [6.07, 6.45) is 1.76. The quantitative estimate of drug-likeness (QED) is 0.450. The lowest BCUT2D eigenvalue weighted by molar-refractivity contribution is 0.280. The van der Waals surface area contributed by atoms with Crippen LogP contribution in [0, 0.1) is 0 Å². The molecule has 3 nitrogen and oxygen atoms in total. The molecule has 0 bridgehead atoms. The highest BCUT2D eigenvalue weighted by molar-refractivity contribution is 7.97. The molecule has 0 radical (unpaired) electrons. The fourth-order valence-corrected chi connectivity index (χ4v) is 1.34. The van der Waals surface area contributed by atoms with E-state index >= 15 is 0 Å². The number of aliphatic imine (C=N–C) groups is 1. The lowest BCUT2D eigenvalue weighted by atomic mass is 10.7. The molecule has 0 aliphatic carbocycles. The van der Waals surface area contributed by atoms with Crippen LogP contribution in [0.1, 0.15) is 6.92 Å². The molecule has 1 atom stereocenters. The van der Waals surface area contributed by atoms with Crippen LogP contribution >= 0.6 is 11.9 Å². The monoisotopic (exact) mass is 146 g/mol. The third-order valence-corrected chi connectivity index (χ3v) is 1.80. The Balaban J connectivity index is 2.20. The molecule has 0 aromatic rings. The van der Waals surface area contributed by atoms with Gasteiger partial charge in [0.1, 0.15) is 5.44 Å². The maximum absolute atomic E-state index is 8.87. The van der Waals surface area contributed by atoms with Crippen molar-refractivity contribution in [1.82, 2.24) is 4.31 Å². The number of aliphatic hydroxyl groups excluding tert-OH is 1. The Morgan fingerprint density at radius 2 is 2.67 bits per heavy atom. The highest BCUT2D eigenvalue weighted by atomic mass is 32.2. The van der Waals surface area contributed by atoms with Crippen LogP contribution in [-0.4, -0.2) is 34.3 Å². The standard InChI is InChI=1S/C5H10N2OS/c1-5(8)9-7-3-2-6-4-7/h4-5,8H,2-3H2,1H3. The third kappa shape index (κ3) is 2.24. The van der Waals surface area contributed by atoms with Crippen LogP contribution in [0.4, 0.5) is 0 Å². The first-order chi connectivity index (χ1) is 4.29. The maximum atomic E-state index is 8.87. The maximum Gasteiger partial charge on any atom is 0.116 e. The van der Waals surface area contributed by atoms with Crippen molar-refractivity contribution in [2.45, 2.75) is 12.4 Å². The highest BCUT2D eigenvalue weighted by Gasteiger charge is 2.07. The molecule has 52 valence electrons. The second-order valence-corrected chi connectivity index (χ2v) is 3.23. The molecule has 1 N–H and O–H groups in total. The van der Waals surface area contributed by atoms with Gasteiger partial charge in [-0.1, -0.05) is 0 Å². The van der Waals surface area contributed by atoms with E-state index in [2.05, 4.69) is 4.99 Å². The van der Waals surface area contributed by atoms with E-state index in [4.69, 9.17) is 5.11 Å². The molecular formula is C5H10N2OS. The minimum absolute atomic E-state index is 0.324. The van der Waals surface area contributed by atoms with Gasteiger partial charge >= 0.3 is 0 Å². The second kappa shape index (κ2) is 3.08. The van der Waals surface area contributed by atoms with E-state index in [0.717, 1.165) is 13.1 Å². The predicted octanol–water partition coefficient (Wildman–Crippen LogP) is 0.317. The summed E-state index contributed by atoms with van der Waals surface area (Å²) in [7, 11) is 0. The smallest absolute Gasteiger partial charge is 0.116 e. The zero-order valence-corrected chi connectivity index (χ0v) is 6.14. The van der Waals surface area contributed by atoms with Gasteiger partial charge in [-0.2, -0.15) is 0 Å². The molecule has 1 rings (SSSR count). The molecule has 4 heteroatoms. The van der Waals surface area contributed by atoms with Gasteiger partial charge in [0, 0.05) is 0 Å². The number of aliphatic hydroxyl groups is 1. The van der Waals surface area contributed by atoms with Crippen LogP contribution in [0.25, 0.3) is 0 Å². The van der Waals surface area contributed by atoms with Crippen molar-refractivity contribution < 1.29 is 5.11 Å². The summed E-state index contributed by atoms with van der Waals surface area (Å²) in [5.74, 6) is 0. The van der Waals surface area contributed by atoms with Crippen LogP contribution < -0.4 is 0 Å². The SMILES string of the molecule is CC(O)SN1C=NCC1. The van der Waals surface area contributed by atoms with Gasteiger partial charge in [0.15, 0.2) is 0 Å². The fourth-order valence-electron chi connectivity index (χ4n) is 0.639. The molecule has 1 aliphatic rings. The molecule has 0 aromatic carbocycles. The fraction of sp³-hybridized carbons (Fsp3) is 0.800. The summed E-state index contributed by atoms with van der Waals surface area (Å²) in [5, 5.41) is 8.87. The lowest BCUT2D eigenvalue weighted by Crippen LogP contribution is -2.14. The lowest BCUT2D eigenvalue weighted by Gasteiger charge is -2.12. The van der Waals surface area contributed by atoms with Gasteiger partial charge in [-0.05, 0) is 18.9 Å². The summed E-state index contributed by atoms with van der Waals surface area (Å²) in [6, 6.07) is 0. The van der Waals surface area contributed by atoms with Crippen LogP contribution in [0.2, 0.25) is 0 Å². The molecule has 0 aromatic heterocycles. The van der Waals surface area contributed by atoms with Crippen LogP contribution in [-0.2, 0) is 0 Å². The Kier molecular flexibility index (Phi) is 2.36. The van der Waals surface area contributed by atoms with Crippen LogP contribution in [0.3, 0.4) is 0 Å². The molecule has 1 aliphatic heterocycles. The molecule has 0 amide bonds. The van der Waals surface area contributed by atoms with E-state index < -0.39 is 0 Å². The average Bonchev–Trinajstić information content (AvgIpc) is 2.15. The number of hydrogen-bond acceptors (Lipinski definition) is 4. The molecule has 0 saturated heterocycles. The summed E-state index contributed by atoms with van der Waals surface area (Å²) in [6.45, 7) is 3.53. The third-order valence-electron chi connectivity index (χ3n) is 0.948. The van der Waals surface area contributed by atoms with Gasteiger partial charge in [-0.3, -0.25) is 4.99 Å². The first-order valence-electron chi connectivity index (χ1n) is 2.90. The molecule has 0 spiro atoms. The van der Waals surface area contributed by atoms with Gasteiger partial charge in [0.25, 0.3) is 0 Å². The van der Waals surface area contributed by atoms with Crippen molar-refractivity contribution in [1.29, 1.82) is 0 Å². The van der Waals surface area contributed by atoms with Gasteiger partial charge in [-0.15, -0.1) is 0 Å². The molecule has 1 heterocycles. The predicted molar refractivity (Wildman–Crippen MR) is 39.3 cm³/mol. The van der Waals surface area contributed by atoms with E-state index in [1.807, 2.05) is 4.31 Å². The van der Waals surface area contributed by atoms with Gasteiger partial charge < -0.3 is 9.41 Å². The molecule has 0 fully saturated rings.